The van der Waals surface area contributed by atoms with Gasteiger partial charge in [-0.25, -0.2) is 9.59 Å². The van der Waals surface area contributed by atoms with Crippen LogP contribution in [-0.2, 0) is 19.1 Å². The Kier molecular flexibility index (Phi) is 9.65. The van der Waals surface area contributed by atoms with E-state index in [4.69, 9.17) is 18.9 Å². The van der Waals surface area contributed by atoms with Gasteiger partial charge in [0.05, 0.1) is 13.2 Å². The van der Waals surface area contributed by atoms with E-state index in [0.29, 0.717) is 11.5 Å². The third-order valence-electron chi connectivity index (χ3n) is 9.68. The van der Waals surface area contributed by atoms with Crippen molar-refractivity contribution in [3.8, 4) is 44.9 Å². The summed E-state index contributed by atoms with van der Waals surface area (Å²) >= 11 is 0. The molecule has 8 aromatic carbocycles. The van der Waals surface area contributed by atoms with Gasteiger partial charge in [0.1, 0.15) is 11.5 Å². The van der Waals surface area contributed by atoms with E-state index in [1.165, 1.54) is 0 Å². The van der Waals surface area contributed by atoms with Crippen molar-refractivity contribution >= 4 is 55.0 Å². The van der Waals surface area contributed by atoms with Crippen molar-refractivity contribution in [2.24, 2.45) is 0 Å². The zero-order valence-corrected chi connectivity index (χ0v) is 30.1. The van der Waals surface area contributed by atoms with Crippen LogP contribution in [-0.4, -0.2) is 38.4 Å². The molecule has 0 spiro atoms. The van der Waals surface area contributed by atoms with Crippen LogP contribution in [0.5, 0.6) is 11.5 Å². The third-order valence-corrected chi connectivity index (χ3v) is 9.68. The van der Waals surface area contributed by atoms with Gasteiger partial charge in [0.2, 0.25) is 0 Å². The van der Waals surface area contributed by atoms with Gasteiger partial charge in [-0.05, 0) is 93.0 Å². The van der Waals surface area contributed by atoms with E-state index in [9.17, 15) is 9.59 Å². The molecule has 6 heteroatoms. The van der Waals surface area contributed by atoms with Gasteiger partial charge in [0.15, 0.2) is 13.2 Å². The van der Waals surface area contributed by atoms with Crippen LogP contribution in [0.3, 0.4) is 0 Å². The van der Waals surface area contributed by atoms with Gasteiger partial charge in [-0.1, -0.05) is 121 Å². The second kappa shape index (κ2) is 15.1. The summed E-state index contributed by atoms with van der Waals surface area (Å²) < 4.78 is 22.9. The molecular weight excluding hydrogens is 673 g/mol. The molecule has 0 aromatic heterocycles. The van der Waals surface area contributed by atoms with Gasteiger partial charge in [-0.2, -0.15) is 0 Å². The molecule has 0 aliphatic heterocycles. The number of esters is 2. The first kappa shape index (κ1) is 34.4. The zero-order chi connectivity index (χ0) is 37.0. The standard InChI is InChI=1S/C48H38O6/c1-3-51-45(49)29-53-43-27-35-23-21-33(31-13-7-5-8-14-31)25-41(35)47-37(17-11-19-39(43)47)38-18-12-20-40-44(54-30-46(50)52-4-2)28-36-24-22-34(26-42(36)48(38)40)32-15-9-6-10-16-32/h5-28H,3-4,29-30H2,1-2H3. The Bertz CT molecular complexity index is 2480. The molecule has 0 amide bonds. The Morgan fingerprint density at radius 1 is 0.426 bits per heavy atom. The molecule has 266 valence electrons. The Morgan fingerprint density at radius 2 is 0.852 bits per heavy atom. The monoisotopic (exact) mass is 710 g/mol. The topological polar surface area (TPSA) is 71.1 Å². The van der Waals surface area contributed by atoms with Crippen molar-refractivity contribution < 1.29 is 28.5 Å². The van der Waals surface area contributed by atoms with E-state index in [2.05, 4.69) is 72.8 Å². The number of fused-ring (bicyclic) bond motifs is 6. The van der Waals surface area contributed by atoms with Crippen LogP contribution in [0.25, 0.3) is 76.5 Å². The molecule has 0 atom stereocenters. The van der Waals surface area contributed by atoms with Crippen molar-refractivity contribution in [3.63, 3.8) is 0 Å². The molecule has 0 radical (unpaired) electrons. The van der Waals surface area contributed by atoms with Gasteiger partial charge in [0, 0.05) is 21.5 Å². The van der Waals surface area contributed by atoms with Crippen LogP contribution in [0.15, 0.2) is 146 Å². The maximum atomic E-state index is 12.5. The number of rotatable bonds is 11. The Balaban J connectivity index is 1.43. The summed E-state index contributed by atoms with van der Waals surface area (Å²) in [6.45, 7) is 3.71. The summed E-state index contributed by atoms with van der Waals surface area (Å²) in [5.41, 5.74) is 6.38. The molecule has 6 nitrogen and oxygen atoms in total. The highest BCUT2D eigenvalue weighted by atomic mass is 16.6. The minimum Gasteiger partial charge on any atom is -0.481 e. The zero-order valence-electron chi connectivity index (χ0n) is 30.1. The normalized spacial score (nSPS) is 11.2. The highest BCUT2D eigenvalue weighted by molar-refractivity contribution is 6.23. The number of ether oxygens (including phenoxy) is 4. The predicted molar refractivity (Wildman–Crippen MR) is 217 cm³/mol. The van der Waals surface area contributed by atoms with E-state index in [1.807, 2.05) is 72.8 Å². The van der Waals surface area contributed by atoms with Crippen LogP contribution in [0, 0.1) is 0 Å². The van der Waals surface area contributed by atoms with Crippen molar-refractivity contribution in [2.45, 2.75) is 13.8 Å². The average molecular weight is 711 g/mol. The van der Waals surface area contributed by atoms with Crippen LogP contribution in [0.4, 0.5) is 0 Å². The molecule has 0 saturated heterocycles. The van der Waals surface area contributed by atoms with E-state index in [0.717, 1.165) is 76.5 Å². The van der Waals surface area contributed by atoms with E-state index >= 15 is 0 Å². The first-order chi connectivity index (χ1) is 26.5. The lowest BCUT2D eigenvalue weighted by Gasteiger charge is -2.19. The summed E-state index contributed by atoms with van der Waals surface area (Å²) in [5.74, 6) is 0.336. The van der Waals surface area contributed by atoms with E-state index in [1.54, 1.807) is 13.8 Å². The van der Waals surface area contributed by atoms with Crippen molar-refractivity contribution in [3.05, 3.63) is 146 Å². The van der Waals surface area contributed by atoms with Crippen molar-refractivity contribution in [1.82, 2.24) is 0 Å². The van der Waals surface area contributed by atoms with Crippen LogP contribution < -0.4 is 9.47 Å². The fraction of sp³-hybridized carbons (Fsp3) is 0.125. The molecule has 0 aliphatic rings. The minimum atomic E-state index is -0.425. The summed E-state index contributed by atoms with van der Waals surface area (Å²) in [6.07, 6.45) is 0. The summed E-state index contributed by atoms with van der Waals surface area (Å²) in [7, 11) is 0. The molecule has 0 bridgehead atoms. The van der Waals surface area contributed by atoms with Crippen molar-refractivity contribution in [1.29, 1.82) is 0 Å². The maximum Gasteiger partial charge on any atom is 0.344 e. The van der Waals surface area contributed by atoms with Gasteiger partial charge in [-0.3, -0.25) is 0 Å². The van der Waals surface area contributed by atoms with Gasteiger partial charge in [0.25, 0.3) is 0 Å². The number of hydrogen-bond donors (Lipinski definition) is 0. The highest BCUT2D eigenvalue weighted by Crippen LogP contribution is 2.46. The highest BCUT2D eigenvalue weighted by Gasteiger charge is 2.20. The molecule has 0 fully saturated rings. The number of benzene rings is 8. The molecule has 0 aliphatic carbocycles. The average Bonchev–Trinajstić information content (AvgIpc) is 3.22. The van der Waals surface area contributed by atoms with E-state index in [-0.39, 0.29) is 26.4 Å². The van der Waals surface area contributed by atoms with Gasteiger partial charge >= 0.3 is 11.9 Å². The largest absolute Gasteiger partial charge is 0.481 e. The molecular formula is C48H38O6. The summed E-state index contributed by atoms with van der Waals surface area (Å²) in [4.78, 5) is 25.0. The van der Waals surface area contributed by atoms with E-state index < -0.39 is 11.9 Å². The SMILES string of the molecule is CCOC(=O)COc1cc2ccc(-c3ccccc3)cc2c2c(-c3cccc4c(OCC(=O)OCC)cc5ccc(-c6ccccc6)cc5c34)cccc12. The fourth-order valence-electron chi connectivity index (χ4n) is 7.32. The predicted octanol–water partition coefficient (Wildman–Crippen LogP) is 11.2. The summed E-state index contributed by atoms with van der Waals surface area (Å²) in [6, 6.07) is 50.0. The first-order valence-electron chi connectivity index (χ1n) is 18.2. The Morgan fingerprint density at radius 3 is 1.26 bits per heavy atom. The Hall–Kier alpha value is -6.66. The molecule has 0 unspecified atom stereocenters. The Labute approximate surface area is 313 Å². The molecule has 0 heterocycles. The molecule has 8 aromatic rings. The quantitative estimate of drug-likeness (QED) is 0.0983. The first-order valence-corrected chi connectivity index (χ1v) is 18.2. The number of carbonyl (C=O) groups excluding carboxylic acids is 2. The molecule has 8 rings (SSSR count). The fourth-order valence-corrected chi connectivity index (χ4v) is 7.32. The second-order valence-corrected chi connectivity index (χ2v) is 13.0. The third kappa shape index (κ3) is 6.70. The minimum absolute atomic E-state index is 0.205. The number of carbonyl (C=O) groups is 2. The van der Waals surface area contributed by atoms with Crippen molar-refractivity contribution in [2.75, 3.05) is 26.4 Å². The van der Waals surface area contributed by atoms with Crippen LogP contribution in [0.2, 0.25) is 0 Å². The van der Waals surface area contributed by atoms with Crippen LogP contribution in [0.1, 0.15) is 13.8 Å². The lowest BCUT2D eigenvalue weighted by atomic mass is 9.87. The second-order valence-electron chi connectivity index (χ2n) is 13.0. The van der Waals surface area contributed by atoms with Gasteiger partial charge in [-0.15, -0.1) is 0 Å². The van der Waals surface area contributed by atoms with Gasteiger partial charge < -0.3 is 18.9 Å². The maximum absolute atomic E-state index is 12.5. The lowest BCUT2D eigenvalue weighted by molar-refractivity contribution is -0.146. The molecule has 54 heavy (non-hydrogen) atoms. The molecule has 0 saturated carbocycles. The van der Waals surface area contributed by atoms with Crippen LogP contribution >= 0.6 is 0 Å². The summed E-state index contributed by atoms with van der Waals surface area (Å²) in [5, 5.41) is 7.77. The molecule has 0 N–H and O–H groups in total. The smallest absolute Gasteiger partial charge is 0.344 e. The lowest BCUT2D eigenvalue weighted by Crippen LogP contribution is -2.14. The number of hydrogen-bond acceptors (Lipinski definition) is 6.